The number of hydrogen-bond donors (Lipinski definition) is 1. The predicted molar refractivity (Wildman–Crippen MR) is 55.7 cm³/mol. The van der Waals surface area contributed by atoms with E-state index < -0.39 is 0 Å². The summed E-state index contributed by atoms with van der Waals surface area (Å²) in [7, 11) is 1.88. The first-order valence-electron chi connectivity index (χ1n) is 4.50. The van der Waals surface area contributed by atoms with E-state index in [4.69, 9.17) is 0 Å². The van der Waals surface area contributed by atoms with Crippen molar-refractivity contribution in [2.24, 2.45) is 0 Å². The third-order valence-corrected chi connectivity index (χ3v) is 1.42. The summed E-state index contributed by atoms with van der Waals surface area (Å²) < 4.78 is 0. The van der Waals surface area contributed by atoms with Gasteiger partial charge < -0.3 is 10.1 Å². The van der Waals surface area contributed by atoms with E-state index in [1.165, 1.54) is 0 Å². The van der Waals surface area contributed by atoms with Crippen LogP contribution in [0.4, 0.5) is 0 Å². The van der Waals surface area contributed by atoms with Crippen molar-refractivity contribution in [3.8, 4) is 0 Å². The Morgan fingerprint density at radius 2 is 1.54 bits per heavy atom. The minimum absolute atomic E-state index is 0.681. The van der Waals surface area contributed by atoms with Gasteiger partial charge in [0, 0.05) is 6.42 Å². The van der Waals surface area contributed by atoms with Gasteiger partial charge in [0.1, 0.15) is 6.29 Å². The van der Waals surface area contributed by atoms with Crippen molar-refractivity contribution in [3.05, 3.63) is 36.4 Å². The average Bonchev–Trinajstić information content (AvgIpc) is 2.22. The summed E-state index contributed by atoms with van der Waals surface area (Å²) in [5.74, 6) is 0. The van der Waals surface area contributed by atoms with Crippen LogP contribution < -0.4 is 5.32 Å². The fourth-order valence-electron chi connectivity index (χ4n) is 0.747. The lowest BCUT2D eigenvalue weighted by Crippen LogP contribution is -2.06. The normalized spacial score (nSPS) is 8.38. The SMILES string of the molecule is CNCCCC=O.c1ccccc1. The molecular formula is C11H17NO. The lowest BCUT2D eigenvalue weighted by molar-refractivity contribution is -0.107. The van der Waals surface area contributed by atoms with Gasteiger partial charge >= 0.3 is 0 Å². The smallest absolute Gasteiger partial charge is 0.120 e. The van der Waals surface area contributed by atoms with Gasteiger partial charge in [-0.25, -0.2) is 0 Å². The van der Waals surface area contributed by atoms with Crippen molar-refractivity contribution in [1.82, 2.24) is 5.32 Å². The van der Waals surface area contributed by atoms with Crippen LogP contribution >= 0.6 is 0 Å². The van der Waals surface area contributed by atoms with E-state index >= 15 is 0 Å². The molecule has 0 unspecified atom stereocenters. The lowest BCUT2D eigenvalue weighted by Gasteiger charge is -1.89. The number of hydrogen-bond acceptors (Lipinski definition) is 2. The highest BCUT2D eigenvalue weighted by Crippen LogP contribution is 1.80. The summed E-state index contributed by atoms with van der Waals surface area (Å²) in [5.41, 5.74) is 0. The van der Waals surface area contributed by atoms with Crippen molar-refractivity contribution in [2.75, 3.05) is 13.6 Å². The van der Waals surface area contributed by atoms with Gasteiger partial charge in [0.05, 0.1) is 0 Å². The maximum atomic E-state index is 9.65. The van der Waals surface area contributed by atoms with E-state index in [2.05, 4.69) is 5.32 Å². The third-order valence-electron chi connectivity index (χ3n) is 1.42. The zero-order valence-corrected chi connectivity index (χ0v) is 8.07. The summed E-state index contributed by atoms with van der Waals surface area (Å²) >= 11 is 0. The molecule has 1 N–H and O–H groups in total. The summed E-state index contributed by atoms with van der Waals surface area (Å²) in [6.07, 6.45) is 2.58. The molecule has 0 aliphatic heterocycles. The van der Waals surface area contributed by atoms with Crippen LogP contribution in [0.15, 0.2) is 36.4 Å². The Bertz CT molecular complexity index is 160. The van der Waals surface area contributed by atoms with Gasteiger partial charge in [-0.05, 0) is 20.0 Å². The third kappa shape index (κ3) is 10.8. The molecule has 2 heteroatoms. The van der Waals surface area contributed by atoms with E-state index in [0.29, 0.717) is 6.42 Å². The molecule has 1 rings (SSSR count). The largest absolute Gasteiger partial charge is 0.320 e. The zero-order chi connectivity index (χ0) is 9.78. The van der Waals surface area contributed by atoms with E-state index in [9.17, 15) is 4.79 Å². The quantitative estimate of drug-likeness (QED) is 0.564. The molecule has 0 aromatic heterocycles. The second-order valence-electron chi connectivity index (χ2n) is 2.57. The maximum absolute atomic E-state index is 9.65. The first-order valence-corrected chi connectivity index (χ1v) is 4.50. The van der Waals surface area contributed by atoms with Crippen molar-refractivity contribution in [1.29, 1.82) is 0 Å². The van der Waals surface area contributed by atoms with Gasteiger partial charge in [-0.2, -0.15) is 0 Å². The van der Waals surface area contributed by atoms with Gasteiger partial charge in [-0.15, -0.1) is 0 Å². The first-order chi connectivity index (χ1) is 6.41. The van der Waals surface area contributed by atoms with Crippen LogP contribution in [0.25, 0.3) is 0 Å². The van der Waals surface area contributed by atoms with Crippen LogP contribution in [0.3, 0.4) is 0 Å². The Hall–Kier alpha value is -1.15. The van der Waals surface area contributed by atoms with Crippen molar-refractivity contribution in [3.63, 3.8) is 0 Å². The highest BCUT2D eigenvalue weighted by Gasteiger charge is 1.78. The molecule has 1 aromatic rings. The van der Waals surface area contributed by atoms with Crippen LogP contribution in [0.5, 0.6) is 0 Å². The monoisotopic (exact) mass is 179 g/mol. The van der Waals surface area contributed by atoms with Crippen LogP contribution in [-0.2, 0) is 4.79 Å². The highest BCUT2D eigenvalue weighted by atomic mass is 16.1. The molecule has 1 aromatic carbocycles. The Balaban J connectivity index is 0.000000223. The highest BCUT2D eigenvalue weighted by molar-refractivity contribution is 5.48. The Morgan fingerprint density at radius 1 is 1.08 bits per heavy atom. The molecule has 0 saturated carbocycles. The fraction of sp³-hybridized carbons (Fsp3) is 0.364. The van der Waals surface area contributed by atoms with Crippen LogP contribution in [0.1, 0.15) is 12.8 Å². The molecule has 0 heterocycles. The average molecular weight is 179 g/mol. The van der Waals surface area contributed by atoms with E-state index in [0.717, 1.165) is 19.3 Å². The molecule has 0 fully saturated rings. The van der Waals surface area contributed by atoms with Crippen LogP contribution in [0.2, 0.25) is 0 Å². The van der Waals surface area contributed by atoms with Gasteiger partial charge in [0.25, 0.3) is 0 Å². The Labute approximate surface area is 80.0 Å². The molecule has 0 saturated heterocycles. The standard InChI is InChI=1S/C6H6.C5H11NO/c1-2-4-6-5-3-1;1-6-4-2-3-5-7/h1-6H;5-6H,2-4H2,1H3. The number of nitrogens with one attached hydrogen (secondary N) is 1. The molecule has 0 spiro atoms. The molecule has 13 heavy (non-hydrogen) atoms. The van der Waals surface area contributed by atoms with Crippen LogP contribution in [0, 0.1) is 0 Å². The van der Waals surface area contributed by atoms with Crippen molar-refractivity contribution >= 4 is 6.29 Å². The Morgan fingerprint density at radius 3 is 1.85 bits per heavy atom. The van der Waals surface area contributed by atoms with E-state index in [1.807, 2.05) is 43.4 Å². The topological polar surface area (TPSA) is 29.1 Å². The number of rotatable bonds is 4. The molecule has 0 amide bonds. The summed E-state index contributed by atoms with van der Waals surface area (Å²) in [4.78, 5) is 9.65. The fourth-order valence-corrected chi connectivity index (χ4v) is 0.747. The number of aldehydes is 1. The summed E-state index contributed by atoms with van der Waals surface area (Å²) in [6, 6.07) is 12.0. The first kappa shape index (κ1) is 11.8. The predicted octanol–water partition coefficient (Wildman–Crippen LogP) is 1.87. The molecule has 0 atom stereocenters. The van der Waals surface area contributed by atoms with E-state index in [-0.39, 0.29) is 0 Å². The summed E-state index contributed by atoms with van der Waals surface area (Å²) in [6.45, 7) is 0.943. The zero-order valence-electron chi connectivity index (χ0n) is 8.07. The van der Waals surface area contributed by atoms with E-state index in [1.54, 1.807) is 0 Å². The van der Waals surface area contributed by atoms with Gasteiger partial charge in [-0.3, -0.25) is 0 Å². The molecule has 2 nitrogen and oxygen atoms in total. The van der Waals surface area contributed by atoms with Crippen LogP contribution in [-0.4, -0.2) is 19.9 Å². The molecule has 0 bridgehead atoms. The summed E-state index contributed by atoms with van der Waals surface area (Å²) in [5, 5.41) is 2.94. The number of unbranched alkanes of at least 4 members (excludes halogenated alkanes) is 1. The Kier molecular flexibility index (Phi) is 9.89. The maximum Gasteiger partial charge on any atom is 0.120 e. The molecular weight excluding hydrogens is 162 g/mol. The number of benzene rings is 1. The minimum Gasteiger partial charge on any atom is -0.320 e. The number of carbonyl (C=O) groups is 1. The molecule has 72 valence electrons. The second kappa shape index (κ2) is 10.8. The molecule has 0 aliphatic carbocycles. The molecule has 0 radical (unpaired) electrons. The second-order valence-corrected chi connectivity index (χ2v) is 2.57. The van der Waals surface area contributed by atoms with Gasteiger partial charge in [0.2, 0.25) is 0 Å². The molecule has 0 aliphatic rings. The van der Waals surface area contributed by atoms with Gasteiger partial charge in [0.15, 0.2) is 0 Å². The number of carbonyl (C=O) groups excluding carboxylic acids is 1. The van der Waals surface area contributed by atoms with Crippen molar-refractivity contribution in [2.45, 2.75) is 12.8 Å². The van der Waals surface area contributed by atoms with Crippen molar-refractivity contribution < 1.29 is 4.79 Å². The lowest BCUT2D eigenvalue weighted by atomic mass is 10.3. The minimum atomic E-state index is 0.681. The van der Waals surface area contributed by atoms with Gasteiger partial charge in [-0.1, -0.05) is 36.4 Å².